The third-order valence-corrected chi connectivity index (χ3v) is 3.12. The van der Waals surface area contributed by atoms with Crippen molar-refractivity contribution in [3.8, 4) is 6.07 Å². The van der Waals surface area contributed by atoms with Crippen molar-refractivity contribution in [1.82, 2.24) is 0 Å². The fourth-order valence-corrected chi connectivity index (χ4v) is 2.03. The molecule has 0 aliphatic carbocycles. The van der Waals surface area contributed by atoms with Crippen molar-refractivity contribution in [2.75, 3.05) is 5.32 Å². The van der Waals surface area contributed by atoms with Crippen molar-refractivity contribution in [2.45, 2.75) is 0 Å². The van der Waals surface area contributed by atoms with Crippen LogP contribution >= 0.6 is 11.6 Å². The largest absolute Gasteiger partial charge is 0.321 e. The van der Waals surface area contributed by atoms with Gasteiger partial charge < -0.3 is 5.32 Å². The van der Waals surface area contributed by atoms with Crippen LogP contribution in [0.1, 0.15) is 5.56 Å². The number of nitriles is 1. The summed E-state index contributed by atoms with van der Waals surface area (Å²) in [6, 6.07) is 14.0. The van der Waals surface area contributed by atoms with Gasteiger partial charge in [-0.15, -0.1) is 0 Å². The molecule has 23 heavy (non-hydrogen) atoms. The van der Waals surface area contributed by atoms with Gasteiger partial charge in [-0.1, -0.05) is 29.8 Å². The number of hydrogen-bond acceptors (Lipinski definition) is 4. The molecule has 0 aromatic heterocycles. The first-order valence-electron chi connectivity index (χ1n) is 6.43. The topological polar surface area (TPSA) is 96.0 Å². The number of amides is 1. The van der Waals surface area contributed by atoms with Crippen LogP contribution in [-0.4, -0.2) is 10.8 Å². The predicted octanol–water partition coefficient (Wildman–Crippen LogP) is 3.79. The molecule has 0 spiro atoms. The highest BCUT2D eigenvalue weighted by molar-refractivity contribution is 6.31. The highest BCUT2D eigenvalue weighted by atomic mass is 35.5. The van der Waals surface area contributed by atoms with Gasteiger partial charge in [-0.2, -0.15) is 5.26 Å². The minimum Gasteiger partial charge on any atom is -0.321 e. The van der Waals surface area contributed by atoms with E-state index in [1.807, 2.05) is 0 Å². The molecule has 0 saturated carbocycles. The van der Waals surface area contributed by atoms with Gasteiger partial charge in [-0.3, -0.25) is 14.9 Å². The number of halogens is 1. The summed E-state index contributed by atoms with van der Waals surface area (Å²) in [5.41, 5.74) is 0.164. The number of anilines is 1. The molecule has 0 saturated heterocycles. The lowest BCUT2D eigenvalue weighted by Gasteiger charge is -2.04. The Hall–Kier alpha value is -3.17. The molecule has 114 valence electrons. The number of nitro groups is 1. The molecule has 1 amide bonds. The minimum atomic E-state index is -0.673. The number of nitrogens with one attached hydrogen (secondary N) is 1. The van der Waals surface area contributed by atoms with Crippen LogP contribution < -0.4 is 5.32 Å². The van der Waals surface area contributed by atoms with Gasteiger partial charge in [0.05, 0.1) is 10.5 Å². The Bertz CT molecular complexity index is 840. The zero-order chi connectivity index (χ0) is 16.8. The van der Waals surface area contributed by atoms with Gasteiger partial charge in [0.15, 0.2) is 0 Å². The Balaban J connectivity index is 2.31. The molecule has 1 N–H and O–H groups in total. The third kappa shape index (κ3) is 4.15. The van der Waals surface area contributed by atoms with Crippen molar-refractivity contribution in [3.05, 3.63) is 74.8 Å². The number of rotatable bonds is 4. The lowest BCUT2D eigenvalue weighted by Crippen LogP contribution is -2.13. The average molecular weight is 328 g/mol. The van der Waals surface area contributed by atoms with Crippen LogP contribution in [0.15, 0.2) is 54.1 Å². The molecule has 0 unspecified atom stereocenters. The van der Waals surface area contributed by atoms with E-state index in [0.717, 1.165) is 0 Å². The van der Waals surface area contributed by atoms with Gasteiger partial charge >= 0.3 is 0 Å². The molecule has 2 aromatic carbocycles. The third-order valence-electron chi connectivity index (χ3n) is 2.88. The van der Waals surface area contributed by atoms with Gasteiger partial charge in [0.2, 0.25) is 0 Å². The predicted molar refractivity (Wildman–Crippen MR) is 86.8 cm³/mol. The van der Waals surface area contributed by atoms with Crippen LogP contribution in [0.2, 0.25) is 5.02 Å². The fraction of sp³-hybridized carbons (Fsp3) is 0. The van der Waals surface area contributed by atoms with E-state index in [-0.39, 0.29) is 16.8 Å². The number of carbonyl (C=O) groups excluding carboxylic acids is 1. The van der Waals surface area contributed by atoms with E-state index in [0.29, 0.717) is 10.7 Å². The second-order valence-electron chi connectivity index (χ2n) is 4.45. The van der Waals surface area contributed by atoms with E-state index < -0.39 is 10.8 Å². The summed E-state index contributed by atoms with van der Waals surface area (Å²) in [7, 11) is 0. The monoisotopic (exact) mass is 327 g/mol. The van der Waals surface area contributed by atoms with Crippen LogP contribution in [0.4, 0.5) is 11.4 Å². The Kier molecular flexibility index (Phi) is 5.07. The normalized spacial score (nSPS) is 10.7. The summed E-state index contributed by atoms with van der Waals surface area (Å²) in [5.74, 6) is -0.673. The van der Waals surface area contributed by atoms with Gasteiger partial charge in [-0.05, 0) is 30.3 Å². The number of carbonyl (C=O) groups is 1. The first-order valence-corrected chi connectivity index (χ1v) is 6.81. The van der Waals surface area contributed by atoms with Crippen molar-refractivity contribution >= 4 is 35.0 Å². The number of nitrogens with zero attached hydrogens (tertiary/aromatic N) is 2. The molecule has 0 atom stereocenters. The number of para-hydroxylation sites is 1. The van der Waals surface area contributed by atoms with Gasteiger partial charge in [-0.25, -0.2) is 0 Å². The summed E-state index contributed by atoms with van der Waals surface area (Å²) < 4.78 is 0. The summed E-state index contributed by atoms with van der Waals surface area (Å²) in [5, 5.41) is 23.1. The average Bonchev–Trinajstić information content (AvgIpc) is 2.52. The number of hydrogen-bond donors (Lipinski definition) is 1. The molecule has 0 bridgehead atoms. The Morgan fingerprint density at radius 1 is 1.26 bits per heavy atom. The highest BCUT2D eigenvalue weighted by Gasteiger charge is 2.15. The molecular formula is C16H10ClN3O3. The van der Waals surface area contributed by atoms with E-state index in [2.05, 4.69) is 5.32 Å². The van der Waals surface area contributed by atoms with Gasteiger partial charge in [0.25, 0.3) is 11.6 Å². The van der Waals surface area contributed by atoms with Crippen molar-refractivity contribution < 1.29 is 9.72 Å². The van der Waals surface area contributed by atoms with E-state index in [4.69, 9.17) is 16.9 Å². The molecule has 0 aliphatic rings. The Labute approximate surface area is 136 Å². The second kappa shape index (κ2) is 7.20. The first-order chi connectivity index (χ1) is 11.0. The smallest absolute Gasteiger partial charge is 0.276 e. The van der Waals surface area contributed by atoms with E-state index in [9.17, 15) is 14.9 Å². The molecule has 7 heteroatoms. The first kappa shape index (κ1) is 16.2. The van der Waals surface area contributed by atoms with Crippen molar-refractivity contribution in [1.29, 1.82) is 5.26 Å². The fourth-order valence-electron chi connectivity index (χ4n) is 1.84. The number of nitro benzene ring substituents is 1. The van der Waals surface area contributed by atoms with Crippen LogP contribution in [0.5, 0.6) is 0 Å². The maximum atomic E-state index is 12.1. The van der Waals surface area contributed by atoms with Crippen LogP contribution in [0.25, 0.3) is 6.08 Å². The zero-order valence-corrected chi connectivity index (χ0v) is 12.4. The quantitative estimate of drug-likeness (QED) is 0.400. The zero-order valence-electron chi connectivity index (χ0n) is 11.7. The molecule has 0 aliphatic heterocycles. The van der Waals surface area contributed by atoms with Gasteiger partial charge in [0, 0.05) is 16.8 Å². The van der Waals surface area contributed by atoms with Crippen LogP contribution in [0.3, 0.4) is 0 Å². The van der Waals surface area contributed by atoms with Crippen molar-refractivity contribution in [2.24, 2.45) is 0 Å². The SMILES string of the molecule is N#C/C(=C\c1ccccc1[N+](=O)[O-])C(=O)Nc1cccc(Cl)c1. The second-order valence-corrected chi connectivity index (χ2v) is 4.89. The minimum absolute atomic E-state index is 0.176. The lowest BCUT2D eigenvalue weighted by atomic mass is 10.1. The van der Waals surface area contributed by atoms with Crippen LogP contribution in [-0.2, 0) is 4.79 Å². The molecule has 0 fully saturated rings. The molecule has 2 rings (SSSR count). The maximum absolute atomic E-state index is 12.1. The molecular weight excluding hydrogens is 318 g/mol. The molecule has 0 heterocycles. The number of benzene rings is 2. The summed E-state index contributed by atoms with van der Waals surface area (Å²) in [6.45, 7) is 0. The maximum Gasteiger partial charge on any atom is 0.276 e. The standard InChI is InChI=1S/C16H10ClN3O3/c17-13-5-3-6-14(9-13)19-16(21)12(10-18)8-11-4-1-2-7-15(11)20(22)23/h1-9H,(H,19,21)/b12-8+. The Morgan fingerprint density at radius 2 is 2.00 bits per heavy atom. The van der Waals surface area contributed by atoms with Gasteiger partial charge in [0.1, 0.15) is 11.6 Å². The van der Waals surface area contributed by atoms with E-state index in [1.165, 1.54) is 30.3 Å². The van der Waals surface area contributed by atoms with Crippen molar-refractivity contribution in [3.63, 3.8) is 0 Å². The van der Waals surface area contributed by atoms with E-state index in [1.54, 1.807) is 30.3 Å². The Morgan fingerprint density at radius 3 is 2.65 bits per heavy atom. The molecule has 0 radical (unpaired) electrons. The summed E-state index contributed by atoms with van der Waals surface area (Å²) in [6.07, 6.45) is 1.18. The van der Waals surface area contributed by atoms with E-state index >= 15 is 0 Å². The van der Waals surface area contributed by atoms with Crippen LogP contribution in [0, 0.1) is 21.4 Å². The summed E-state index contributed by atoms with van der Waals surface area (Å²) in [4.78, 5) is 22.5. The summed E-state index contributed by atoms with van der Waals surface area (Å²) >= 11 is 5.82. The molecule has 2 aromatic rings. The highest BCUT2D eigenvalue weighted by Crippen LogP contribution is 2.21. The lowest BCUT2D eigenvalue weighted by molar-refractivity contribution is -0.385. The molecule has 6 nitrogen and oxygen atoms in total.